The Labute approximate surface area is 119 Å². The number of aryl methyl sites for hydroxylation is 1. The molecule has 0 fully saturated rings. The van der Waals surface area contributed by atoms with Crippen LogP contribution in [0.3, 0.4) is 0 Å². The van der Waals surface area contributed by atoms with Gasteiger partial charge in [-0.25, -0.2) is 0 Å². The quantitative estimate of drug-likeness (QED) is 0.450. The van der Waals surface area contributed by atoms with Crippen molar-refractivity contribution in [3.8, 4) is 0 Å². The molecule has 0 heterocycles. The second kappa shape index (κ2) is 55.6. The molecule has 0 unspecified atom stereocenters. The van der Waals surface area contributed by atoms with Crippen molar-refractivity contribution in [2.75, 3.05) is 0 Å². The SMILES string of the molecule is CC.CC.CC.CC.CCC.Cc1ccccc1. The molecule has 0 heteroatoms. The normalized spacial score (nSPS) is 5.72. The Bertz CT molecular complexity index is 141. The maximum Gasteiger partial charge on any atom is -0.0398 e. The van der Waals surface area contributed by atoms with Gasteiger partial charge in [0.2, 0.25) is 0 Å². The Balaban J connectivity index is -0.0000000442. The predicted octanol–water partition coefficient (Wildman–Crippen LogP) is 7.52. The van der Waals surface area contributed by atoms with E-state index in [4.69, 9.17) is 0 Å². The molecule has 0 saturated heterocycles. The van der Waals surface area contributed by atoms with Crippen LogP contribution in [-0.4, -0.2) is 0 Å². The molecule has 1 rings (SSSR count). The van der Waals surface area contributed by atoms with E-state index < -0.39 is 0 Å². The van der Waals surface area contributed by atoms with E-state index in [1.165, 1.54) is 12.0 Å². The van der Waals surface area contributed by atoms with Crippen LogP contribution in [0.25, 0.3) is 0 Å². The molecule has 0 atom stereocenters. The molecule has 0 aromatic heterocycles. The van der Waals surface area contributed by atoms with Crippen molar-refractivity contribution in [3.05, 3.63) is 35.9 Å². The molecule has 0 saturated carbocycles. The average molecular weight is 257 g/mol. The highest BCUT2D eigenvalue weighted by Crippen LogP contribution is 1.92. The lowest BCUT2D eigenvalue weighted by Crippen LogP contribution is -1.62. The molecule has 0 aliphatic heterocycles. The standard InChI is InChI=1S/C7H8.C3H8.4C2H6/c1-7-5-3-2-4-6-7;1-3-2;4*1-2/h2-6H,1H3;3H2,1-2H3;4*1-2H3. The summed E-state index contributed by atoms with van der Waals surface area (Å²) in [6.07, 6.45) is 1.25. The Morgan fingerprint density at radius 2 is 0.833 bits per heavy atom. The summed E-state index contributed by atoms with van der Waals surface area (Å²) in [6, 6.07) is 10.3. The maximum absolute atomic E-state index is 2.12. The molecule has 18 heavy (non-hydrogen) atoms. The third-order valence-electron chi connectivity index (χ3n) is 0.940. The molecular formula is C18H40. The molecule has 0 N–H and O–H groups in total. The van der Waals surface area contributed by atoms with Crippen LogP contribution in [0.2, 0.25) is 0 Å². The van der Waals surface area contributed by atoms with Crippen molar-refractivity contribution >= 4 is 0 Å². The summed E-state index contributed by atoms with van der Waals surface area (Å²) < 4.78 is 0. The van der Waals surface area contributed by atoms with E-state index >= 15 is 0 Å². The third kappa shape index (κ3) is 59.0. The van der Waals surface area contributed by atoms with Crippen LogP contribution < -0.4 is 0 Å². The zero-order chi connectivity index (χ0) is 15.8. The largest absolute Gasteiger partial charge is 0.0683 e. The zero-order valence-corrected chi connectivity index (χ0v) is 15.1. The summed E-state index contributed by atoms with van der Waals surface area (Å²) in [6.45, 7) is 22.3. The number of hydrogen-bond acceptors (Lipinski definition) is 0. The molecule has 0 radical (unpaired) electrons. The van der Waals surface area contributed by atoms with Gasteiger partial charge in [0.05, 0.1) is 0 Å². The number of rotatable bonds is 0. The Morgan fingerprint density at radius 3 is 0.944 bits per heavy atom. The molecule has 0 amide bonds. The Hall–Kier alpha value is -0.780. The topological polar surface area (TPSA) is 0 Å². The highest BCUT2D eigenvalue weighted by atomic mass is 13.8. The van der Waals surface area contributed by atoms with Crippen LogP contribution in [0.4, 0.5) is 0 Å². The first-order valence-electron chi connectivity index (χ1n) is 7.82. The monoisotopic (exact) mass is 256 g/mol. The molecule has 112 valence electrons. The molecular weight excluding hydrogens is 216 g/mol. The zero-order valence-electron chi connectivity index (χ0n) is 15.1. The van der Waals surface area contributed by atoms with Gasteiger partial charge in [-0.15, -0.1) is 0 Å². The number of hydrogen-bond donors (Lipinski definition) is 0. The molecule has 0 aliphatic carbocycles. The Kier molecular flexibility index (Phi) is 93.7. The van der Waals surface area contributed by atoms with Crippen LogP contribution in [-0.2, 0) is 0 Å². The summed E-state index contributed by atoms with van der Waals surface area (Å²) in [5.41, 5.74) is 1.32. The fourth-order valence-corrected chi connectivity index (χ4v) is 0.534. The van der Waals surface area contributed by atoms with Gasteiger partial charge < -0.3 is 0 Å². The summed E-state index contributed by atoms with van der Waals surface area (Å²) in [7, 11) is 0. The fourth-order valence-electron chi connectivity index (χ4n) is 0.534. The van der Waals surface area contributed by atoms with Crippen LogP contribution in [0, 0.1) is 6.92 Å². The first-order chi connectivity index (χ1) is 8.81. The smallest absolute Gasteiger partial charge is 0.0398 e. The van der Waals surface area contributed by atoms with Gasteiger partial charge in [-0.2, -0.15) is 0 Å². The van der Waals surface area contributed by atoms with Crippen molar-refractivity contribution in [1.29, 1.82) is 0 Å². The second-order valence-electron chi connectivity index (χ2n) is 2.36. The van der Waals surface area contributed by atoms with E-state index in [0.29, 0.717) is 0 Å². The predicted molar refractivity (Wildman–Crippen MR) is 92.5 cm³/mol. The van der Waals surface area contributed by atoms with Crippen LogP contribution in [0.5, 0.6) is 0 Å². The molecule has 0 aliphatic rings. The average Bonchev–Trinajstić information content (AvgIpc) is 2.49. The minimum absolute atomic E-state index is 1.25. The molecule has 1 aromatic carbocycles. The van der Waals surface area contributed by atoms with Crippen molar-refractivity contribution in [3.63, 3.8) is 0 Å². The van der Waals surface area contributed by atoms with E-state index in [1.807, 2.05) is 73.6 Å². The van der Waals surface area contributed by atoms with Gasteiger partial charge in [0.1, 0.15) is 0 Å². The van der Waals surface area contributed by atoms with Gasteiger partial charge in [0.15, 0.2) is 0 Å². The Morgan fingerprint density at radius 1 is 0.611 bits per heavy atom. The minimum atomic E-state index is 1.25. The summed E-state index contributed by atoms with van der Waals surface area (Å²) in [5.74, 6) is 0. The first kappa shape index (κ1) is 30.3. The van der Waals surface area contributed by atoms with E-state index in [0.717, 1.165) is 0 Å². The van der Waals surface area contributed by atoms with E-state index in [1.54, 1.807) is 0 Å². The number of benzene rings is 1. The van der Waals surface area contributed by atoms with Crippen molar-refractivity contribution in [2.45, 2.75) is 82.6 Å². The lowest BCUT2D eigenvalue weighted by molar-refractivity contribution is 1.09. The van der Waals surface area contributed by atoms with Gasteiger partial charge in [-0.1, -0.05) is 112 Å². The molecule has 0 spiro atoms. The second-order valence-corrected chi connectivity index (χ2v) is 2.36. The third-order valence-corrected chi connectivity index (χ3v) is 0.940. The van der Waals surface area contributed by atoms with Crippen molar-refractivity contribution in [1.82, 2.24) is 0 Å². The van der Waals surface area contributed by atoms with Crippen LogP contribution >= 0.6 is 0 Å². The van der Waals surface area contributed by atoms with Crippen LogP contribution in [0.15, 0.2) is 30.3 Å². The van der Waals surface area contributed by atoms with Crippen molar-refractivity contribution < 1.29 is 0 Å². The molecule has 1 aromatic rings. The van der Waals surface area contributed by atoms with Crippen LogP contribution in [0.1, 0.15) is 81.2 Å². The maximum atomic E-state index is 2.12. The minimum Gasteiger partial charge on any atom is -0.0683 e. The van der Waals surface area contributed by atoms with E-state index in [-0.39, 0.29) is 0 Å². The lowest BCUT2D eigenvalue weighted by Gasteiger charge is -1.82. The van der Waals surface area contributed by atoms with Gasteiger partial charge >= 0.3 is 0 Å². The molecule has 0 nitrogen and oxygen atoms in total. The van der Waals surface area contributed by atoms with Gasteiger partial charge in [0.25, 0.3) is 0 Å². The highest BCUT2D eigenvalue weighted by Gasteiger charge is 1.72. The van der Waals surface area contributed by atoms with Crippen molar-refractivity contribution in [2.24, 2.45) is 0 Å². The van der Waals surface area contributed by atoms with Gasteiger partial charge in [-0.05, 0) is 6.92 Å². The molecule has 0 bridgehead atoms. The van der Waals surface area contributed by atoms with Gasteiger partial charge in [0, 0.05) is 0 Å². The summed E-state index contributed by atoms with van der Waals surface area (Å²) in [5, 5.41) is 0. The lowest BCUT2D eigenvalue weighted by atomic mass is 10.2. The fraction of sp³-hybridized carbons (Fsp3) is 0.667. The van der Waals surface area contributed by atoms with Gasteiger partial charge in [-0.3, -0.25) is 0 Å². The van der Waals surface area contributed by atoms with E-state index in [2.05, 4.69) is 32.9 Å². The summed E-state index contributed by atoms with van der Waals surface area (Å²) in [4.78, 5) is 0. The summed E-state index contributed by atoms with van der Waals surface area (Å²) >= 11 is 0. The first-order valence-corrected chi connectivity index (χ1v) is 7.82. The van der Waals surface area contributed by atoms with E-state index in [9.17, 15) is 0 Å². The highest BCUT2D eigenvalue weighted by molar-refractivity contribution is 5.11.